The van der Waals surface area contributed by atoms with E-state index >= 15 is 0 Å². The molecule has 3 rings (SSSR count). The van der Waals surface area contributed by atoms with Crippen molar-refractivity contribution in [3.8, 4) is 5.69 Å². The first-order valence-electron chi connectivity index (χ1n) is 7.50. The maximum absolute atomic E-state index is 14.5. The van der Waals surface area contributed by atoms with E-state index < -0.39 is 5.82 Å². The van der Waals surface area contributed by atoms with Crippen LogP contribution in [-0.4, -0.2) is 58.3 Å². The lowest BCUT2D eigenvalue weighted by Crippen LogP contribution is -2.23. The molecule has 1 saturated heterocycles. The number of hydrogen-bond donors (Lipinski definition) is 1. The molecule has 2 aromatic rings. The highest BCUT2D eigenvalue weighted by Crippen LogP contribution is 2.24. The first-order chi connectivity index (χ1) is 12.0. The van der Waals surface area contributed by atoms with Crippen molar-refractivity contribution in [2.45, 2.75) is 6.54 Å². The van der Waals surface area contributed by atoms with Crippen molar-refractivity contribution in [3.05, 3.63) is 35.9 Å². The lowest BCUT2D eigenvalue weighted by Gasteiger charge is -2.18. The van der Waals surface area contributed by atoms with Gasteiger partial charge in [0, 0.05) is 13.1 Å². The fraction of sp³-hybridized carbons (Fsp3) is 0.333. The van der Waals surface area contributed by atoms with Gasteiger partial charge in [0.1, 0.15) is 11.5 Å². The fourth-order valence-electron chi connectivity index (χ4n) is 2.47. The highest BCUT2D eigenvalue weighted by Gasteiger charge is 2.26. The van der Waals surface area contributed by atoms with Crippen LogP contribution in [0.3, 0.4) is 0 Å². The lowest BCUT2D eigenvalue weighted by atomic mass is 10.2. The van der Waals surface area contributed by atoms with Gasteiger partial charge in [0.15, 0.2) is 0 Å². The van der Waals surface area contributed by atoms with E-state index in [1.807, 2.05) is 0 Å². The third-order valence-electron chi connectivity index (χ3n) is 3.81. The summed E-state index contributed by atoms with van der Waals surface area (Å²) in [6, 6.07) is 4.73. The Morgan fingerprint density at radius 2 is 2.28 bits per heavy atom. The molecule has 0 bridgehead atoms. The summed E-state index contributed by atoms with van der Waals surface area (Å²) in [5.41, 5.74) is 1.55. The molecule has 1 aromatic carbocycles. The fourth-order valence-corrected chi connectivity index (χ4v) is 2.54. The maximum atomic E-state index is 14.5. The van der Waals surface area contributed by atoms with Crippen LogP contribution in [0.15, 0.2) is 24.4 Å². The van der Waals surface area contributed by atoms with Crippen LogP contribution in [-0.2, 0) is 16.1 Å². The number of nitrogens with one attached hydrogen (secondary N) is 1. The quantitative estimate of drug-likeness (QED) is 0.799. The molecule has 1 N–H and O–H groups in total. The van der Waals surface area contributed by atoms with Crippen LogP contribution in [0.4, 0.5) is 10.1 Å². The molecule has 0 unspecified atom stereocenters. The topological polar surface area (TPSA) is 75.5 Å². The van der Waals surface area contributed by atoms with E-state index in [2.05, 4.69) is 15.6 Å². The first kappa shape index (κ1) is 17.1. The summed E-state index contributed by atoms with van der Waals surface area (Å²) in [7, 11) is 3.16. The number of nitrogens with zero attached hydrogens (tertiary/aromatic N) is 5. The van der Waals surface area contributed by atoms with Crippen LogP contribution >= 0.6 is 12.2 Å². The van der Waals surface area contributed by atoms with Crippen molar-refractivity contribution in [1.82, 2.24) is 25.2 Å². The minimum Gasteiger partial charge on any atom is -0.474 e. The Hall–Kier alpha value is -2.75. The minimum atomic E-state index is -0.420. The van der Waals surface area contributed by atoms with Crippen molar-refractivity contribution in [1.29, 1.82) is 0 Å². The average Bonchev–Trinajstić information content (AvgIpc) is 3.19. The van der Waals surface area contributed by atoms with Gasteiger partial charge in [0.2, 0.25) is 5.91 Å². The smallest absolute Gasteiger partial charge is 0.256 e. The number of methoxy groups -OCH3 is 1. The molecule has 1 amide bonds. The number of carbonyl (C=O) groups excluding carboxylic acids is 1. The summed E-state index contributed by atoms with van der Waals surface area (Å²) in [5, 5.41) is 11.1. The molecule has 1 aliphatic heterocycles. The van der Waals surface area contributed by atoms with Crippen LogP contribution < -0.4 is 10.2 Å². The molecular weight excluding hydrogens is 347 g/mol. The molecule has 132 valence electrons. The summed E-state index contributed by atoms with van der Waals surface area (Å²) in [5.74, 6) is -0.456. The summed E-state index contributed by atoms with van der Waals surface area (Å²) >= 11 is 4.89. The van der Waals surface area contributed by atoms with Crippen molar-refractivity contribution < 1.29 is 13.9 Å². The molecule has 1 fully saturated rings. The van der Waals surface area contributed by atoms with E-state index in [0.717, 1.165) is 0 Å². The number of ether oxygens (including phenoxy) is 1. The molecule has 1 aromatic heterocycles. The van der Waals surface area contributed by atoms with Gasteiger partial charge >= 0.3 is 0 Å². The number of aromatic nitrogens is 3. The molecule has 0 aliphatic carbocycles. The second kappa shape index (κ2) is 7.01. The number of halogens is 1. The van der Waals surface area contributed by atoms with Crippen LogP contribution in [0, 0.1) is 5.82 Å². The normalized spacial score (nSPS) is 14.1. The van der Waals surface area contributed by atoms with Gasteiger partial charge in [0.25, 0.3) is 5.17 Å². The number of hydrogen-bond acceptors (Lipinski definition) is 6. The van der Waals surface area contributed by atoms with Crippen molar-refractivity contribution >= 4 is 29.0 Å². The highest BCUT2D eigenvalue weighted by molar-refractivity contribution is 7.80. The molecule has 8 nitrogen and oxygen atoms in total. The van der Waals surface area contributed by atoms with E-state index in [1.165, 1.54) is 17.9 Å². The lowest BCUT2D eigenvalue weighted by molar-refractivity contribution is -0.125. The monoisotopic (exact) mass is 364 g/mol. The molecule has 2 heterocycles. The number of amides is 1. The summed E-state index contributed by atoms with van der Waals surface area (Å²) in [6.07, 6.45) is 1.67. The Bertz CT molecular complexity index is 811. The van der Waals surface area contributed by atoms with Gasteiger partial charge in [-0.15, -0.1) is 5.10 Å². The van der Waals surface area contributed by atoms with Gasteiger partial charge in [-0.05, 0) is 24.4 Å². The predicted octanol–water partition coefficient (Wildman–Crippen LogP) is 0.663. The Kier molecular flexibility index (Phi) is 4.79. The highest BCUT2D eigenvalue weighted by atomic mass is 32.1. The van der Waals surface area contributed by atoms with Crippen molar-refractivity contribution in [2.24, 2.45) is 0 Å². The number of anilines is 1. The Balaban J connectivity index is 1.74. The van der Waals surface area contributed by atoms with Crippen LogP contribution in [0.5, 0.6) is 0 Å². The van der Waals surface area contributed by atoms with Gasteiger partial charge < -0.3 is 19.9 Å². The molecule has 0 atom stereocenters. The third kappa shape index (κ3) is 3.68. The second-order valence-electron chi connectivity index (χ2n) is 5.57. The standard InChI is InChI=1S/C15H17FN6O2S/c1-20-9-21(8-14(20)23)13-4-3-11(5-12(13)16)22-7-10(18-19-22)6-17-15(25)24-2/h3-5,7H,6,8-9H2,1-2H3,(H,17,25). The first-order valence-corrected chi connectivity index (χ1v) is 7.90. The zero-order chi connectivity index (χ0) is 18.0. The number of likely N-dealkylation sites (N-methyl/N-ethyl adjacent to an activating group) is 1. The molecule has 0 spiro atoms. The van der Waals surface area contributed by atoms with Crippen LogP contribution in [0.1, 0.15) is 5.69 Å². The Morgan fingerprint density at radius 1 is 1.48 bits per heavy atom. The SMILES string of the molecule is COC(=S)NCc1cn(-c2ccc(N3CC(=O)N(C)C3)c(F)c2)nn1. The zero-order valence-corrected chi connectivity index (χ0v) is 14.6. The van der Waals surface area contributed by atoms with Gasteiger partial charge in [-0.2, -0.15) is 0 Å². The summed E-state index contributed by atoms with van der Waals surface area (Å²) in [6.45, 7) is 0.897. The molecule has 0 saturated carbocycles. The van der Waals surface area contributed by atoms with Crippen LogP contribution in [0.2, 0.25) is 0 Å². The molecule has 25 heavy (non-hydrogen) atoms. The molecular formula is C15H17FN6O2S. The number of carbonyl (C=O) groups is 1. The van der Waals surface area contributed by atoms with Gasteiger partial charge in [-0.3, -0.25) is 4.79 Å². The molecule has 0 radical (unpaired) electrons. The van der Waals surface area contributed by atoms with E-state index in [4.69, 9.17) is 17.0 Å². The number of rotatable bonds is 4. The van der Waals surface area contributed by atoms with Gasteiger partial charge in [-0.25, -0.2) is 9.07 Å². The predicted molar refractivity (Wildman–Crippen MR) is 92.7 cm³/mol. The Labute approximate surface area is 149 Å². The summed E-state index contributed by atoms with van der Waals surface area (Å²) < 4.78 is 20.8. The van der Waals surface area contributed by atoms with Gasteiger partial charge in [0.05, 0.1) is 44.4 Å². The number of thiocarbonyl (C=S) groups is 1. The Morgan fingerprint density at radius 3 is 2.92 bits per heavy atom. The van der Waals surface area contributed by atoms with E-state index in [0.29, 0.717) is 30.3 Å². The summed E-state index contributed by atoms with van der Waals surface area (Å²) in [4.78, 5) is 14.8. The van der Waals surface area contributed by atoms with Crippen molar-refractivity contribution in [2.75, 3.05) is 32.3 Å². The third-order valence-corrected chi connectivity index (χ3v) is 4.12. The average molecular weight is 364 g/mol. The minimum absolute atomic E-state index is 0.0362. The van der Waals surface area contributed by atoms with Gasteiger partial charge in [-0.1, -0.05) is 5.21 Å². The van der Waals surface area contributed by atoms with E-state index in [9.17, 15) is 9.18 Å². The number of benzene rings is 1. The van der Waals surface area contributed by atoms with Crippen LogP contribution in [0.25, 0.3) is 5.69 Å². The van der Waals surface area contributed by atoms with E-state index in [1.54, 1.807) is 35.2 Å². The maximum Gasteiger partial charge on any atom is 0.256 e. The largest absolute Gasteiger partial charge is 0.474 e. The molecule has 10 heteroatoms. The van der Waals surface area contributed by atoms with E-state index in [-0.39, 0.29) is 17.6 Å². The molecule has 1 aliphatic rings. The van der Waals surface area contributed by atoms with Crippen molar-refractivity contribution in [3.63, 3.8) is 0 Å². The zero-order valence-electron chi connectivity index (χ0n) is 13.8. The second-order valence-corrected chi connectivity index (χ2v) is 5.94.